The number of aryl methyl sites for hydroxylation is 1. The Hall–Kier alpha value is -1.72. The van der Waals surface area contributed by atoms with Crippen LogP contribution in [0, 0.1) is 17.8 Å². The van der Waals surface area contributed by atoms with Crippen molar-refractivity contribution >= 4 is 0 Å². The maximum atomic E-state index is 4.62. The van der Waals surface area contributed by atoms with Crippen LogP contribution in [0.25, 0.3) is 0 Å². The lowest BCUT2D eigenvalue weighted by Gasteiger charge is -2.56. The van der Waals surface area contributed by atoms with Gasteiger partial charge in [-0.1, -0.05) is 5.21 Å². The van der Waals surface area contributed by atoms with Crippen LogP contribution in [0.5, 0.6) is 0 Å². The fourth-order valence-corrected chi connectivity index (χ4v) is 5.92. The summed E-state index contributed by atoms with van der Waals surface area (Å²) in [5.41, 5.74) is 1.54. The number of rotatable bonds is 3. The molecule has 4 aliphatic carbocycles. The average Bonchev–Trinajstić information content (AvgIpc) is 3.14. The summed E-state index contributed by atoms with van der Waals surface area (Å²) in [6, 6.07) is 0.0673. The second kappa shape index (κ2) is 4.65. The lowest BCUT2D eigenvalue weighted by molar-refractivity contribution is -0.00726. The number of hydrogen-bond acceptors (Lipinski definition) is 4. The molecule has 0 aliphatic heterocycles. The number of nitrogens with zero attached hydrogens (tertiary/aromatic N) is 6. The Balaban J connectivity index is 1.47. The van der Waals surface area contributed by atoms with E-state index in [2.05, 4.69) is 33.6 Å². The Bertz CT molecular complexity index is 694. The summed E-state index contributed by atoms with van der Waals surface area (Å²) < 4.78 is 3.93. The van der Waals surface area contributed by atoms with Crippen LogP contribution in [0.1, 0.15) is 63.0 Å². The third-order valence-corrected chi connectivity index (χ3v) is 6.61. The summed E-state index contributed by atoms with van der Waals surface area (Å²) in [5.74, 6) is 3.72. The molecular weight excluding hydrogens is 288 g/mol. The summed E-state index contributed by atoms with van der Waals surface area (Å²) in [7, 11) is 1.97. The van der Waals surface area contributed by atoms with Crippen molar-refractivity contribution < 1.29 is 0 Å². The lowest BCUT2D eigenvalue weighted by Crippen LogP contribution is -2.48. The van der Waals surface area contributed by atoms with Gasteiger partial charge >= 0.3 is 0 Å². The summed E-state index contributed by atoms with van der Waals surface area (Å²) in [6.45, 7) is 2.11. The van der Waals surface area contributed by atoms with Crippen LogP contribution in [0.15, 0.2) is 12.5 Å². The average molecular weight is 312 g/mol. The largest absolute Gasteiger partial charge is 0.319 e. The van der Waals surface area contributed by atoms with Crippen molar-refractivity contribution in [1.29, 1.82) is 0 Å². The number of aromatic nitrogens is 6. The molecule has 0 spiro atoms. The van der Waals surface area contributed by atoms with Crippen molar-refractivity contribution in [3.05, 3.63) is 24.0 Å². The Kier molecular flexibility index (Phi) is 2.77. The van der Waals surface area contributed by atoms with E-state index in [0.717, 1.165) is 23.6 Å². The fourth-order valence-electron chi connectivity index (χ4n) is 5.92. The second-order valence-corrected chi connectivity index (χ2v) is 8.26. The molecule has 6 nitrogen and oxygen atoms in total. The van der Waals surface area contributed by atoms with Gasteiger partial charge in [0.1, 0.15) is 12.4 Å². The van der Waals surface area contributed by atoms with Gasteiger partial charge in [0.25, 0.3) is 0 Å². The third kappa shape index (κ3) is 2.00. The van der Waals surface area contributed by atoms with Crippen molar-refractivity contribution in [1.82, 2.24) is 29.8 Å². The van der Waals surface area contributed by atoms with Gasteiger partial charge in [-0.15, -0.1) is 15.3 Å². The molecule has 6 heteroatoms. The van der Waals surface area contributed by atoms with Gasteiger partial charge in [0, 0.05) is 18.7 Å². The molecule has 0 radical (unpaired) electrons. The second-order valence-electron chi connectivity index (χ2n) is 8.26. The first-order chi connectivity index (χ1) is 11.1. The monoisotopic (exact) mass is 312 g/mol. The van der Waals surface area contributed by atoms with Crippen molar-refractivity contribution in [3.63, 3.8) is 0 Å². The summed E-state index contributed by atoms with van der Waals surface area (Å²) in [4.78, 5) is 0. The van der Waals surface area contributed by atoms with E-state index in [0.29, 0.717) is 5.41 Å². The van der Waals surface area contributed by atoms with Crippen LogP contribution in [-0.4, -0.2) is 29.8 Å². The molecule has 2 heterocycles. The van der Waals surface area contributed by atoms with Gasteiger partial charge < -0.3 is 4.57 Å². The van der Waals surface area contributed by atoms with E-state index in [1.54, 1.807) is 6.33 Å². The van der Waals surface area contributed by atoms with Gasteiger partial charge in [0.15, 0.2) is 5.82 Å². The smallest absolute Gasteiger partial charge is 0.157 e. The highest BCUT2D eigenvalue weighted by molar-refractivity contribution is 5.20. The quantitative estimate of drug-likeness (QED) is 0.873. The van der Waals surface area contributed by atoms with Crippen LogP contribution in [0.2, 0.25) is 0 Å². The zero-order valence-electron chi connectivity index (χ0n) is 13.9. The Morgan fingerprint density at radius 3 is 2.30 bits per heavy atom. The molecule has 6 rings (SSSR count). The molecule has 122 valence electrons. The predicted octanol–water partition coefficient (Wildman–Crippen LogP) is 2.48. The summed E-state index contributed by atoms with van der Waals surface area (Å²) >= 11 is 0. The molecule has 1 atom stereocenters. The normalized spacial score (nSPS) is 36.5. The maximum absolute atomic E-state index is 4.62. The van der Waals surface area contributed by atoms with Gasteiger partial charge in [0.05, 0.1) is 5.69 Å². The molecule has 4 saturated carbocycles. The molecule has 2 aromatic rings. The van der Waals surface area contributed by atoms with Gasteiger partial charge in [-0.2, -0.15) is 0 Å². The molecule has 23 heavy (non-hydrogen) atoms. The molecule has 2 aromatic heterocycles. The van der Waals surface area contributed by atoms with Gasteiger partial charge in [-0.3, -0.25) is 0 Å². The van der Waals surface area contributed by atoms with E-state index in [9.17, 15) is 0 Å². The molecule has 1 unspecified atom stereocenters. The minimum atomic E-state index is 0.0673. The van der Waals surface area contributed by atoms with Crippen LogP contribution in [-0.2, 0) is 12.5 Å². The zero-order valence-corrected chi connectivity index (χ0v) is 13.9. The molecule has 0 amide bonds. The van der Waals surface area contributed by atoms with E-state index >= 15 is 0 Å². The highest BCUT2D eigenvalue weighted by Crippen LogP contribution is 2.60. The lowest BCUT2D eigenvalue weighted by atomic mass is 9.49. The molecule has 0 aromatic carbocycles. The Labute approximate surface area is 136 Å². The van der Waals surface area contributed by atoms with E-state index in [-0.39, 0.29) is 6.04 Å². The molecule has 4 bridgehead atoms. The molecule has 0 N–H and O–H groups in total. The van der Waals surface area contributed by atoms with E-state index in [1.807, 2.05) is 16.3 Å². The maximum Gasteiger partial charge on any atom is 0.157 e. The van der Waals surface area contributed by atoms with Crippen molar-refractivity contribution in [2.24, 2.45) is 24.8 Å². The van der Waals surface area contributed by atoms with Gasteiger partial charge in [-0.25, -0.2) is 4.68 Å². The van der Waals surface area contributed by atoms with E-state index in [1.165, 1.54) is 44.2 Å². The molecule has 4 aliphatic rings. The van der Waals surface area contributed by atoms with Gasteiger partial charge in [-0.05, 0) is 63.2 Å². The third-order valence-electron chi connectivity index (χ3n) is 6.61. The van der Waals surface area contributed by atoms with Crippen molar-refractivity contribution in [2.45, 2.75) is 56.9 Å². The summed E-state index contributed by atoms with van der Waals surface area (Å²) in [6.07, 6.45) is 12.3. The fraction of sp³-hybridized carbons (Fsp3) is 0.765. The SMILES string of the molecule is CC(c1nncn1C)n1cc(C23CC4CC(CC(C4)C2)C3)nn1. The standard InChI is InChI=1S/C17H24N6/c1-11(16-20-18-10-22(16)2)23-9-15(19-21-23)17-6-12-3-13(7-17)5-14(4-12)8-17/h9-14H,3-8H2,1-2H3. The molecule has 4 fully saturated rings. The zero-order chi connectivity index (χ0) is 15.6. The van der Waals surface area contributed by atoms with Gasteiger partial charge in [0.2, 0.25) is 0 Å². The highest BCUT2D eigenvalue weighted by atomic mass is 15.4. The van der Waals surface area contributed by atoms with Crippen LogP contribution < -0.4 is 0 Å². The van der Waals surface area contributed by atoms with Crippen LogP contribution >= 0.6 is 0 Å². The Morgan fingerprint density at radius 1 is 1.09 bits per heavy atom. The first-order valence-corrected chi connectivity index (χ1v) is 8.89. The molecular formula is C17H24N6. The minimum Gasteiger partial charge on any atom is -0.319 e. The van der Waals surface area contributed by atoms with E-state index < -0.39 is 0 Å². The van der Waals surface area contributed by atoms with Crippen LogP contribution in [0.4, 0.5) is 0 Å². The van der Waals surface area contributed by atoms with E-state index in [4.69, 9.17) is 0 Å². The van der Waals surface area contributed by atoms with Crippen molar-refractivity contribution in [2.75, 3.05) is 0 Å². The van der Waals surface area contributed by atoms with Crippen molar-refractivity contribution in [3.8, 4) is 0 Å². The van der Waals surface area contributed by atoms with Crippen LogP contribution in [0.3, 0.4) is 0 Å². The minimum absolute atomic E-state index is 0.0673. The predicted molar refractivity (Wildman–Crippen MR) is 84.7 cm³/mol. The Morgan fingerprint density at radius 2 is 1.74 bits per heavy atom. The molecule has 0 saturated heterocycles. The summed E-state index contributed by atoms with van der Waals surface area (Å²) in [5, 5.41) is 17.3. The first-order valence-electron chi connectivity index (χ1n) is 8.89. The number of hydrogen-bond donors (Lipinski definition) is 0. The first kappa shape index (κ1) is 13.7. The topological polar surface area (TPSA) is 61.4 Å². The highest BCUT2D eigenvalue weighted by Gasteiger charge is 2.52.